The number of aromatic hydroxyl groups is 2. The first-order chi connectivity index (χ1) is 17.7. The molecule has 0 saturated heterocycles. The number of pyridine rings is 2. The van der Waals surface area contributed by atoms with Crippen LogP contribution in [0.25, 0.3) is 65.7 Å². The van der Waals surface area contributed by atoms with E-state index in [-0.39, 0.29) is 11.5 Å². The summed E-state index contributed by atoms with van der Waals surface area (Å²) in [7, 11) is 0. The van der Waals surface area contributed by atoms with Gasteiger partial charge in [0.1, 0.15) is 11.5 Å². The highest BCUT2D eigenvalue weighted by Gasteiger charge is 2.21. The van der Waals surface area contributed by atoms with Crippen molar-refractivity contribution < 1.29 is 10.2 Å². The SMILES string of the molecule is Oc1ccc2ccccc2c1-c1c(O)c(-c2ccc3ccc4cccnc4c3n2)cc2ccccc12. The van der Waals surface area contributed by atoms with E-state index in [1.807, 2.05) is 97.1 Å². The minimum absolute atomic E-state index is 0.0837. The van der Waals surface area contributed by atoms with Gasteiger partial charge in [0.05, 0.1) is 16.7 Å². The highest BCUT2D eigenvalue weighted by atomic mass is 16.3. The lowest BCUT2D eigenvalue weighted by molar-refractivity contribution is 0.471. The third-order valence-corrected chi connectivity index (χ3v) is 6.89. The molecule has 2 heterocycles. The second-order valence-corrected chi connectivity index (χ2v) is 8.96. The molecular formula is C32H20N2O2. The zero-order valence-corrected chi connectivity index (χ0v) is 19.2. The second kappa shape index (κ2) is 7.79. The van der Waals surface area contributed by atoms with Crippen molar-refractivity contribution in [2.45, 2.75) is 0 Å². The Labute approximate surface area is 206 Å². The van der Waals surface area contributed by atoms with Crippen molar-refractivity contribution in [3.05, 3.63) is 109 Å². The van der Waals surface area contributed by atoms with Gasteiger partial charge in [-0.15, -0.1) is 0 Å². The Balaban J connectivity index is 1.58. The summed E-state index contributed by atoms with van der Waals surface area (Å²) in [6.45, 7) is 0. The summed E-state index contributed by atoms with van der Waals surface area (Å²) in [4.78, 5) is 9.55. The summed E-state index contributed by atoms with van der Waals surface area (Å²) < 4.78 is 0. The van der Waals surface area contributed by atoms with Gasteiger partial charge in [-0.05, 0) is 45.8 Å². The van der Waals surface area contributed by atoms with Crippen LogP contribution in [0.1, 0.15) is 0 Å². The van der Waals surface area contributed by atoms with Gasteiger partial charge in [0, 0.05) is 33.7 Å². The molecular weight excluding hydrogens is 444 g/mol. The van der Waals surface area contributed by atoms with Crippen LogP contribution in [-0.2, 0) is 0 Å². The number of fused-ring (bicyclic) bond motifs is 5. The van der Waals surface area contributed by atoms with Gasteiger partial charge in [0.2, 0.25) is 0 Å². The average Bonchev–Trinajstić information content (AvgIpc) is 2.93. The fourth-order valence-corrected chi connectivity index (χ4v) is 5.18. The number of phenols is 2. The number of nitrogens with zero attached hydrogens (tertiary/aromatic N) is 2. The summed E-state index contributed by atoms with van der Waals surface area (Å²) >= 11 is 0. The molecule has 0 aliphatic carbocycles. The fourth-order valence-electron chi connectivity index (χ4n) is 5.18. The normalized spacial score (nSPS) is 11.6. The Morgan fingerprint density at radius 3 is 2.00 bits per heavy atom. The third kappa shape index (κ3) is 3.01. The number of benzene rings is 5. The standard InChI is InChI=1S/C32H20N2O2/c35-27-16-14-19-6-1-3-9-23(19)28(27)29-24-10-4-2-7-22(24)18-25(32(29)36)26-15-13-21-12-11-20-8-5-17-33-30(20)31(21)34-26/h1-18,35-36H. The van der Waals surface area contributed by atoms with Crippen LogP contribution in [0, 0.1) is 0 Å². The number of hydrogen-bond acceptors (Lipinski definition) is 4. The van der Waals surface area contributed by atoms with E-state index in [1.54, 1.807) is 12.3 Å². The van der Waals surface area contributed by atoms with Gasteiger partial charge in [0.15, 0.2) is 0 Å². The number of aromatic nitrogens is 2. The van der Waals surface area contributed by atoms with Crippen molar-refractivity contribution in [2.75, 3.05) is 0 Å². The van der Waals surface area contributed by atoms with Crippen molar-refractivity contribution in [1.82, 2.24) is 9.97 Å². The second-order valence-electron chi connectivity index (χ2n) is 8.96. The van der Waals surface area contributed by atoms with Crippen molar-refractivity contribution in [3.8, 4) is 33.9 Å². The molecule has 0 aliphatic rings. The average molecular weight is 465 g/mol. The molecule has 2 aromatic heterocycles. The predicted octanol–water partition coefficient (Wildman–Crippen LogP) is 7.83. The Morgan fingerprint density at radius 1 is 0.528 bits per heavy atom. The highest BCUT2D eigenvalue weighted by molar-refractivity contribution is 6.12. The fraction of sp³-hybridized carbons (Fsp3) is 0. The Kier molecular flexibility index (Phi) is 4.42. The van der Waals surface area contributed by atoms with E-state index >= 15 is 0 Å². The van der Waals surface area contributed by atoms with E-state index in [4.69, 9.17) is 4.98 Å². The van der Waals surface area contributed by atoms with Gasteiger partial charge in [-0.3, -0.25) is 4.98 Å². The molecule has 36 heavy (non-hydrogen) atoms. The number of hydrogen-bond donors (Lipinski definition) is 2. The van der Waals surface area contributed by atoms with Crippen molar-refractivity contribution in [3.63, 3.8) is 0 Å². The molecule has 4 nitrogen and oxygen atoms in total. The van der Waals surface area contributed by atoms with Crippen LogP contribution in [0.3, 0.4) is 0 Å². The molecule has 0 saturated carbocycles. The number of rotatable bonds is 2. The van der Waals surface area contributed by atoms with Crippen LogP contribution >= 0.6 is 0 Å². The van der Waals surface area contributed by atoms with E-state index in [0.717, 1.165) is 43.4 Å². The highest BCUT2D eigenvalue weighted by Crippen LogP contribution is 2.48. The molecule has 170 valence electrons. The maximum absolute atomic E-state index is 11.8. The molecule has 0 unspecified atom stereocenters. The summed E-state index contributed by atoms with van der Waals surface area (Å²) in [5, 5.41) is 28.5. The molecule has 0 spiro atoms. The monoisotopic (exact) mass is 464 g/mol. The molecule has 7 aromatic rings. The van der Waals surface area contributed by atoms with Crippen LogP contribution in [0.15, 0.2) is 109 Å². The van der Waals surface area contributed by atoms with Crippen molar-refractivity contribution >= 4 is 43.4 Å². The smallest absolute Gasteiger partial charge is 0.133 e. The Morgan fingerprint density at radius 2 is 1.17 bits per heavy atom. The summed E-state index contributed by atoms with van der Waals surface area (Å²) in [5.41, 5.74) is 4.06. The van der Waals surface area contributed by atoms with Crippen LogP contribution in [0.2, 0.25) is 0 Å². The van der Waals surface area contributed by atoms with Crippen LogP contribution < -0.4 is 0 Å². The Bertz CT molecular complexity index is 1980. The van der Waals surface area contributed by atoms with E-state index in [1.165, 1.54) is 0 Å². The van der Waals surface area contributed by atoms with Crippen molar-refractivity contribution in [2.24, 2.45) is 0 Å². The summed E-state index contributed by atoms with van der Waals surface area (Å²) in [6, 6.07) is 33.3. The predicted molar refractivity (Wildman–Crippen MR) is 146 cm³/mol. The first-order valence-corrected chi connectivity index (χ1v) is 11.8. The molecule has 4 heteroatoms. The first kappa shape index (κ1) is 20.4. The van der Waals surface area contributed by atoms with Gasteiger partial charge in [0.25, 0.3) is 0 Å². The molecule has 0 aliphatic heterocycles. The molecule has 0 atom stereocenters. The van der Waals surface area contributed by atoms with E-state index in [0.29, 0.717) is 22.4 Å². The molecule has 0 fully saturated rings. The molecule has 2 N–H and O–H groups in total. The van der Waals surface area contributed by atoms with Gasteiger partial charge >= 0.3 is 0 Å². The molecule has 0 bridgehead atoms. The zero-order valence-electron chi connectivity index (χ0n) is 19.2. The molecule has 0 amide bonds. The molecule has 5 aromatic carbocycles. The van der Waals surface area contributed by atoms with Crippen molar-refractivity contribution in [1.29, 1.82) is 0 Å². The maximum atomic E-state index is 11.8. The van der Waals surface area contributed by atoms with E-state index in [2.05, 4.69) is 4.98 Å². The van der Waals surface area contributed by atoms with Gasteiger partial charge in [-0.2, -0.15) is 0 Å². The van der Waals surface area contributed by atoms with Gasteiger partial charge in [-0.25, -0.2) is 4.98 Å². The van der Waals surface area contributed by atoms with E-state index in [9.17, 15) is 10.2 Å². The quantitative estimate of drug-likeness (QED) is 0.256. The topological polar surface area (TPSA) is 66.2 Å². The minimum Gasteiger partial charge on any atom is -0.507 e. The van der Waals surface area contributed by atoms with Crippen LogP contribution in [-0.4, -0.2) is 20.2 Å². The maximum Gasteiger partial charge on any atom is 0.133 e. The lowest BCUT2D eigenvalue weighted by atomic mass is 9.89. The summed E-state index contributed by atoms with van der Waals surface area (Å²) in [5.74, 6) is 0.202. The van der Waals surface area contributed by atoms with Gasteiger partial charge < -0.3 is 10.2 Å². The minimum atomic E-state index is 0.0837. The molecule has 7 rings (SSSR count). The van der Waals surface area contributed by atoms with E-state index < -0.39 is 0 Å². The largest absolute Gasteiger partial charge is 0.507 e. The first-order valence-electron chi connectivity index (χ1n) is 11.8. The third-order valence-electron chi connectivity index (χ3n) is 6.89. The number of phenolic OH excluding ortho intramolecular Hbond substituents is 2. The zero-order chi connectivity index (χ0) is 24.2. The molecule has 0 radical (unpaired) electrons. The Hall–Kier alpha value is -4.96. The lowest BCUT2D eigenvalue weighted by Gasteiger charge is -2.17. The summed E-state index contributed by atoms with van der Waals surface area (Å²) in [6.07, 6.45) is 1.77. The van der Waals surface area contributed by atoms with Crippen LogP contribution in [0.4, 0.5) is 0 Å². The lowest BCUT2D eigenvalue weighted by Crippen LogP contribution is -1.92. The van der Waals surface area contributed by atoms with Gasteiger partial charge in [-0.1, -0.05) is 78.9 Å². The van der Waals surface area contributed by atoms with Crippen LogP contribution in [0.5, 0.6) is 11.5 Å².